The van der Waals surface area contributed by atoms with Gasteiger partial charge in [-0.05, 0) is 12.8 Å². The number of esters is 2. The molecule has 0 bridgehead atoms. The molecule has 5 nitrogen and oxygen atoms in total. The van der Waals surface area contributed by atoms with Crippen LogP contribution in [0.4, 0.5) is 0 Å². The monoisotopic (exact) mass is 422 g/mol. The number of Topliss-reactive ketones (excluding diaryl/α,β-unsaturated/α-hetero) is 1. The quantitative estimate of drug-likeness (QED) is 0.177. The average molecular weight is 423 g/mol. The number of hydrogen-bond donors (Lipinski definition) is 0. The molecule has 0 spiro atoms. The van der Waals surface area contributed by atoms with Crippen molar-refractivity contribution < 1.29 is 23.9 Å². The average Bonchev–Trinajstić information content (AvgIpc) is 3.06. The normalized spacial score (nSPS) is 13.7. The van der Waals surface area contributed by atoms with Crippen LogP contribution in [0.25, 0.3) is 0 Å². The molecule has 0 atom stereocenters. The maximum Gasteiger partial charge on any atom is 0.311 e. The highest BCUT2D eigenvalue weighted by Gasteiger charge is 2.29. The van der Waals surface area contributed by atoms with Crippen LogP contribution < -0.4 is 0 Å². The summed E-state index contributed by atoms with van der Waals surface area (Å²) in [7, 11) is 0. The van der Waals surface area contributed by atoms with E-state index < -0.39 is 5.97 Å². The zero-order valence-electron chi connectivity index (χ0n) is 19.3. The molecule has 30 heavy (non-hydrogen) atoms. The van der Waals surface area contributed by atoms with Crippen LogP contribution in [-0.2, 0) is 23.9 Å². The van der Waals surface area contributed by atoms with Gasteiger partial charge < -0.3 is 9.47 Å². The first kappa shape index (κ1) is 26.4. The van der Waals surface area contributed by atoms with Gasteiger partial charge in [-0.25, -0.2) is 0 Å². The first-order valence-corrected chi connectivity index (χ1v) is 12.3. The Kier molecular flexibility index (Phi) is 15.0. The molecule has 0 unspecified atom stereocenters. The summed E-state index contributed by atoms with van der Waals surface area (Å²) in [6, 6.07) is 0. The molecule has 0 radical (unpaired) electrons. The number of ether oxygens (including phenoxy) is 2. The van der Waals surface area contributed by atoms with Gasteiger partial charge in [-0.2, -0.15) is 0 Å². The van der Waals surface area contributed by atoms with Crippen LogP contribution in [0.15, 0.2) is 11.5 Å². The first-order valence-electron chi connectivity index (χ1n) is 12.3. The van der Waals surface area contributed by atoms with Gasteiger partial charge in [-0.1, -0.05) is 90.9 Å². The molecule has 1 rings (SSSR count). The molecule has 0 saturated carbocycles. The molecule has 5 heteroatoms. The molecule has 0 amide bonds. The Morgan fingerprint density at radius 1 is 0.633 bits per heavy atom. The third kappa shape index (κ3) is 12.1. The summed E-state index contributed by atoms with van der Waals surface area (Å²) in [6.45, 7) is 4.38. The predicted molar refractivity (Wildman–Crippen MR) is 119 cm³/mol. The Labute approximate surface area is 183 Å². The van der Waals surface area contributed by atoms with Gasteiger partial charge in [-0.15, -0.1) is 0 Å². The fourth-order valence-corrected chi connectivity index (χ4v) is 3.63. The molecule has 0 N–H and O–H groups in total. The summed E-state index contributed by atoms with van der Waals surface area (Å²) >= 11 is 0. The van der Waals surface area contributed by atoms with Gasteiger partial charge in [0.15, 0.2) is 5.76 Å². The molecule has 0 aliphatic heterocycles. The summed E-state index contributed by atoms with van der Waals surface area (Å²) in [5.74, 6) is -0.804. The van der Waals surface area contributed by atoms with Crippen LogP contribution in [0, 0.1) is 0 Å². The molecule has 1 aliphatic carbocycles. The number of carbonyl (C=O) groups is 3. The van der Waals surface area contributed by atoms with E-state index in [0.29, 0.717) is 19.3 Å². The maximum atomic E-state index is 12.1. The van der Waals surface area contributed by atoms with Crippen molar-refractivity contribution in [3.05, 3.63) is 11.5 Å². The van der Waals surface area contributed by atoms with Crippen molar-refractivity contribution in [1.82, 2.24) is 0 Å². The highest BCUT2D eigenvalue weighted by Crippen LogP contribution is 2.26. The lowest BCUT2D eigenvalue weighted by atomic mass is 10.1. The molecule has 0 fully saturated rings. The van der Waals surface area contributed by atoms with Crippen LogP contribution >= 0.6 is 0 Å². The second kappa shape index (κ2) is 17.1. The standard InChI is InChI=1S/C25H42O5/c1-3-5-7-9-11-13-15-17-23(27)29-22-20-19-21(26)25(22)30-24(28)18-16-14-12-10-8-6-4-2/h3-20H2,1-2H3. The lowest BCUT2D eigenvalue weighted by molar-refractivity contribution is -0.145. The second-order valence-corrected chi connectivity index (χ2v) is 8.37. The second-order valence-electron chi connectivity index (χ2n) is 8.37. The molecule has 0 aromatic rings. The van der Waals surface area contributed by atoms with E-state index >= 15 is 0 Å². The minimum absolute atomic E-state index is 0.0455. The van der Waals surface area contributed by atoms with Crippen molar-refractivity contribution in [1.29, 1.82) is 0 Å². The van der Waals surface area contributed by atoms with Crippen LogP contribution in [0.1, 0.15) is 129 Å². The lowest BCUT2D eigenvalue weighted by Gasteiger charge is -2.08. The first-order chi connectivity index (χ1) is 14.6. The molecule has 0 saturated heterocycles. The highest BCUT2D eigenvalue weighted by molar-refractivity contribution is 5.98. The molecule has 172 valence electrons. The molecule has 0 aromatic carbocycles. The van der Waals surface area contributed by atoms with E-state index in [4.69, 9.17) is 9.47 Å². The predicted octanol–water partition coefficient (Wildman–Crippen LogP) is 6.93. The molecular weight excluding hydrogens is 380 g/mol. The van der Waals surface area contributed by atoms with E-state index in [1.54, 1.807) is 0 Å². The van der Waals surface area contributed by atoms with Gasteiger partial charge in [-0.3, -0.25) is 14.4 Å². The summed E-state index contributed by atoms with van der Waals surface area (Å²) in [5, 5.41) is 0. The van der Waals surface area contributed by atoms with Gasteiger partial charge in [0, 0.05) is 25.7 Å². The Hall–Kier alpha value is -1.65. The number of rotatable bonds is 18. The Morgan fingerprint density at radius 2 is 1.07 bits per heavy atom. The molecule has 0 heterocycles. The number of unbranched alkanes of at least 4 members (excludes halogenated alkanes) is 12. The summed E-state index contributed by atoms with van der Waals surface area (Å²) in [6.07, 6.45) is 16.9. The van der Waals surface area contributed by atoms with Crippen LogP contribution in [0.5, 0.6) is 0 Å². The summed E-state index contributed by atoms with van der Waals surface area (Å²) in [4.78, 5) is 36.2. The van der Waals surface area contributed by atoms with Crippen molar-refractivity contribution in [2.75, 3.05) is 0 Å². The number of carbonyl (C=O) groups excluding carboxylic acids is 3. The van der Waals surface area contributed by atoms with Gasteiger partial charge in [0.2, 0.25) is 11.5 Å². The zero-order valence-corrected chi connectivity index (χ0v) is 19.3. The van der Waals surface area contributed by atoms with E-state index in [-0.39, 0.29) is 29.7 Å². The van der Waals surface area contributed by atoms with Gasteiger partial charge >= 0.3 is 11.9 Å². The fraction of sp³-hybridized carbons (Fsp3) is 0.800. The van der Waals surface area contributed by atoms with Crippen LogP contribution in [-0.4, -0.2) is 17.7 Å². The number of ketones is 1. The van der Waals surface area contributed by atoms with E-state index in [1.807, 2.05) is 0 Å². The van der Waals surface area contributed by atoms with Crippen molar-refractivity contribution >= 4 is 17.7 Å². The van der Waals surface area contributed by atoms with E-state index in [9.17, 15) is 14.4 Å². The van der Waals surface area contributed by atoms with Gasteiger partial charge in [0.05, 0.1) is 0 Å². The highest BCUT2D eigenvalue weighted by atomic mass is 16.6. The van der Waals surface area contributed by atoms with Crippen LogP contribution in [0.3, 0.4) is 0 Å². The molecule has 0 aromatic heterocycles. The van der Waals surface area contributed by atoms with Gasteiger partial charge in [0.1, 0.15) is 0 Å². The van der Waals surface area contributed by atoms with Crippen molar-refractivity contribution in [3.8, 4) is 0 Å². The van der Waals surface area contributed by atoms with Gasteiger partial charge in [0.25, 0.3) is 0 Å². The van der Waals surface area contributed by atoms with E-state index in [1.165, 1.54) is 51.4 Å². The minimum Gasteiger partial charge on any atom is -0.427 e. The number of allylic oxidation sites excluding steroid dienone is 2. The summed E-state index contributed by atoms with van der Waals surface area (Å²) in [5.41, 5.74) is 0. The summed E-state index contributed by atoms with van der Waals surface area (Å²) < 4.78 is 10.6. The third-order valence-corrected chi connectivity index (χ3v) is 5.51. The maximum absolute atomic E-state index is 12.1. The van der Waals surface area contributed by atoms with E-state index in [2.05, 4.69) is 13.8 Å². The van der Waals surface area contributed by atoms with Crippen molar-refractivity contribution in [3.63, 3.8) is 0 Å². The SMILES string of the molecule is CCCCCCCCCC(=O)OC1=C(OC(=O)CCCCCCCCC)C(=O)CC1. The topological polar surface area (TPSA) is 69.7 Å². The minimum atomic E-state index is -0.408. The fourth-order valence-electron chi connectivity index (χ4n) is 3.63. The molecular formula is C25H42O5. The number of hydrogen-bond acceptors (Lipinski definition) is 5. The Bertz CT molecular complexity index is 550. The smallest absolute Gasteiger partial charge is 0.311 e. The Balaban J connectivity index is 2.27. The van der Waals surface area contributed by atoms with Crippen molar-refractivity contribution in [2.24, 2.45) is 0 Å². The van der Waals surface area contributed by atoms with Crippen molar-refractivity contribution in [2.45, 2.75) is 129 Å². The lowest BCUT2D eigenvalue weighted by Crippen LogP contribution is -2.11. The van der Waals surface area contributed by atoms with Crippen LogP contribution in [0.2, 0.25) is 0 Å². The van der Waals surface area contributed by atoms with E-state index in [0.717, 1.165) is 38.5 Å². The molecule has 1 aliphatic rings. The Morgan fingerprint density at radius 3 is 1.57 bits per heavy atom. The largest absolute Gasteiger partial charge is 0.427 e. The zero-order chi connectivity index (χ0) is 22.0. The third-order valence-electron chi connectivity index (χ3n) is 5.51.